The molecule has 24 heavy (non-hydrogen) atoms. The third-order valence-electron chi connectivity index (χ3n) is 3.70. The number of furan rings is 1. The van der Waals surface area contributed by atoms with E-state index in [1.54, 1.807) is 6.92 Å². The Morgan fingerprint density at radius 2 is 1.67 bits per heavy atom. The van der Waals surface area contributed by atoms with E-state index in [1.165, 1.54) is 25.3 Å². The van der Waals surface area contributed by atoms with E-state index in [2.05, 4.69) is 4.74 Å². The largest absolute Gasteiger partial charge is 0.465 e. The minimum Gasteiger partial charge on any atom is -0.465 e. The number of benzene rings is 1. The molecule has 0 atom stereocenters. The van der Waals surface area contributed by atoms with Crippen molar-refractivity contribution in [1.82, 2.24) is 4.90 Å². The van der Waals surface area contributed by atoms with E-state index in [0.29, 0.717) is 11.5 Å². The lowest BCUT2D eigenvalue weighted by Gasteiger charge is -2.11. The van der Waals surface area contributed by atoms with Gasteiger partial charge >= 0.3 is 5.97 Å². The van der Waals surface area contributed by atoms with Gasteiger partial charge in [0.15, 0.2) is 0 Å². The van der Waals surface area contributed by atoms with Crippen molar-refractivity contribution < 1.29 is 23.5 Å². The zero-order chi connectivity index (χ0) is 17.6. The number of carbonyl (C=O) groups is 3. The SMILES string of the molecule is COC(=O)c1cc(CN2C(=O)c3cc(Cl)c(Cl)cc3C2=O)oc1C. The molecule has 0 radical (unpaired) electrons. The third kappa shape index (κ3) is 2.57. The Morgan fingerprint density at radius 3 is 2.17 bits per heavy atom. The predicted octanol–water partition coefficient (Wildman–Crippen LogP) is 3.48. The van der Waals surface area contributed by atoms with Crippen molar-refractivity contribution in [2.24, 2.45) is 0 Å². The fourth-order valence-electron chi connectivity index (χ4n) is 2.52. The molecular weight excluding hydrogens is 357 g/mol. The Labute approximate surface area is 146 Å². The van der Waals surface area contributed by atoms with Crippen LogP contribution in [0, 0.1) is 6.92 Å². The molecule has 2 aromatic rings. The minimum absolute atomic E-state index is 0.112. The quantitative estimate of drug-likeness (QED) is 0.612. The second-order valence-corrected chi connectivity index (χ2v) is 6.00. The van der Waals surface area contributed by atoms with E-state index in [1.807, 2.05) is 0 Å². The molecule has 0 spiro atoms. The molecule has 0 aliphatic carbocycles. The summed E-state index contributed by atoms with van der Waals surface area (Å²) < 4.78 is 10.1. The highest BCUT2D eigenvalue weighted by atomic mass is 35.5. The number of amides is 2. The maximum Gasteiger partial charge on any atom is 0.341 e. The third-order valence-corrected chi connectivity index (χ3v) is 4.42. The molecule has 1 aromatic carbocycles. The second-order valence-electron chi connectivity index (χ2n) is 5.18. The fourth-order valence-corrected chi connectivity index (χ4v) is 2.84. The average molecular weight is 368 g/mol. The Kier molecular flexibility index (Phi) is 4.11. The van der Waals surface area contributed by atoms with Gasteiger partial charge in [-0.25, -0.2) is 4.79 Å². The molecule has 1 aromatic heterocycles. The van der Waals surface area contributed by atoms with Crippen molar-refractivity contribution in [2.45, 2.75) is 13.5 Å². The van der Waals surface area contributed by atoms with Gasteiger partial charge in [0.2, 0.25) is 0 Å². The van der Waals surface area contributed by atoms with Gasteiger partial charge < -0.3 is 9.15 Å². The van der Waals surface area contributed by atoms with Crippen LogP contribution in [-0.2, 0) is 11.3 Å². The van der Waals surface area contributed by atoms with Gasteiger partial charge in [-0.05, 0) is 25.1 Å². The molecule has 0 saturated carbocycles. The monoisotopic (exact) mass is 367 g/mol. The molecule has 3 rings (SSSR count). The summed E-state index contributed by atoms with van der Waals surface area (Å²) in [5.41, 5.74) is 0.618. The lowest BCUT2D eigenvalue weighted by atomic mass is 10.1. The molecule has 1 aliphatic heterocycles. The zero-order valence-corrected chi connectivity index (χ0v) is 14.2. The standard InChI is InChI=1S/C16H11Cl2NO5/c1-7-9(16(22)23-2)3-8(24-7)6-19-14(20)10-4-12(17)13(18)5-11(10)15(19)21/h3-5H,6H2,1-2H3. The van der Waals surface area contributed by atoms with Crippen molar-refractivity contribution in [3.63, 3.8) is 0 Å². The first-order valence-corrected chi connectivity index (χ1v) is 7.62. The molecular formula is C16H11Cl2NO5. The lowest BCUT2D eigenvalue weighted by Crippen LogP contribution is -2.28. The molecule has 0 unspecified atom stereocenters. The molecule has 2 heterocycles. The van der Waals surface area contributed by atoms with E-state index < -0.39 is 17.8 Å². The highest BCUT2D eigenvalue weighted by Gasteiger charge is 2.37. The summed E-state index contributed by atoms with van der Waals surface area (Å²) in [6.45, 7) is 1.48. The van der Waals surface area contributed by atoms with Crippen LogP contribution < -0.4 is 0 Å². The van der Waals surface area contributed by atoms with Gasteiger partial charge in [-0.2, -0.15) is 0 Å². The first-order chi connectivity index (χ1) is 11.3. The second kappa shape index (κ2) is 5.96. The number of methoxy groups -OCH3 is 1. The number of aryl methyl sites for hydroxylation is 1. The maximum atomic E-state index is 12.4. The number of fused-ring (bicyclic) bond motifs is 1. The molecule has 6 nitrogen and oxygen atoms in total. The molecule has 8 heteroatoms. The van der Waals surface area contributed by atoms with Gasteiger partial charge in [0.05, 0.1) is 34.8 Å². The van der Waals surface area contributed by atoms with Gasteiger partial charge in [0, 0.05) is 0 Å². The number of halogens is 2. The summed E-state index contributed by atoms with van der Waals surface area (Å²) in [5, 5.41) is 0.389. The maximum absolute atomic E-state index is 12.4. The van der Waals surface area contributed by atoms with Crippen LogP contribution in [0.1, 0.15) is 42.6 Å². The number of ether oxygens (including phenoxy) is 1. The highest BCUT2D eigenvalue weighted by Crippen LogP contribution is 2.32. The number of carbonyl (C=O) groups excluding carboxylic acids is 3. The van der Waals surface area contributed by atoms with Gasteiger partial charge in [-0.15, -0.1) is 0 Å². The summed E-state index contributed by atoms with van der Waals surface area (Å²) in [6.07, 6.45) is 0. The Morgan fingerprint density at radius 1 is 1.12 bits per heavy atom. The number of hydrogen-bond donors (Lipinski definition) is 0. The Bertz CT molecular complexity index is 846. The molecule has 124 valence electrons. The normalized spacial score (nSPS) is 13.4. The molecule has 2 amide bonds. The predicted molar refractivity (Wildman–Crippen MR) is 85.5 cm³/mol. The van der Waals surface area contributed by atoms with Crippen LogP contribution in [-0.4, -0.2) is 29.8 Å². The van der Waals surface area contributed by atoms with Crippen LogP contribution in [0.3, 0.4) is 0 Å². The smallest absolute Gasteiger partial charge is 0.341 e. The van der Waals surface area contributed by atoms with Crippen LogP contribution in [0.4, 0.5) is 0 Å². The van der Waals surface area contributed by atoms with Gasteiger partial charge in [-0.1, -0.05) is 23.2 Å². The summed E-state index contributed by atoms with van der Waals surface area (Å²) in [7, 11) is 1.26. The first kappa shape index (κ1) is 16.5. The molecule has 0 bridgehead atoms. The number of rotatable bonds is 3. The van der Waals surface area contributed by atoms with E-state index in [9.17, 15) is 14.4 Å². The van der Waals surface area contributed by atoms with E-state index in [4.69, 9.17) is 27.6 Å². The zero-order valence-electron chi connectivity index (χ0n) is 12.7. The highest BCUT2D eigenvalue weighted by molar-refractivity contribution is 6.43. The molecule has 0 fully saturated rings. The number of nitrogens with zero attached hydrogens (tertiary/aromatic N) is 1. The number of esters is 1. The van der Waals surface area contributed by atoms with Crippen LogP contribution >= 0.6 is 23.2 Å². The van der Waals surface area contributed by atoms with Crippen LogP contribution in [0.15, 0.2) is 22.6 Å². The lowest BCUT2D eigenvalue weighted by molar-refractivity contribution is 0.0594. The molecule has 1 aliphatic rings. The van der Waals surface area contributed by atoms with Crippen molar-refractivity contribution in [3.8, 4) is 0 Å². The molecule has 0 saturated heterocycles. The summed E-state index contributed by atoms with van der Waals surface area (Å²) in [4.78, 5) is 37.5. The van der Waals surface area contributed by atoms with Crippen LogP contribution in [0.2, 0.25) is 10.0 Å². The van der Waals surface area contributed by atoms with Crippen molar-refractivity contribution in [2.75, 3.05) is 7.11 Å². The van der Waals surface area contributed by atoms with Crippen LogP contribution in [0.25, 0.3) is 0 Å². The van der Waals surface area contributed by atoms with Crippen molar-refractivity contribution in [3.05, 3.63) is 56.5 Å². The Balaban J connectivity index is 1.91. The minimum atomic E-state index is -0.552. The summed E-state index contributed by atoms with van der Waals surface area (Å²) in [6, 6.07) is 4.18. The van der Waals surface area contributed by atoms with Crippen molar-refractivity contribution >= 4 is 41.0 Å². The Hall–Kier alpha value is -2.31. The summed E-state index contributed by atoms with van der Waals surface area (Å²) in [5.74, 6) is -0.910. The summed E-state index contributed by atoms with van der Waals surface area (Å²) >= 11 is 11.8. The topological polar surface area (TPSA) is 76.8 Å². The average Bonchev–Trinajstić information content (AvgIpc) is 3.02. The van der Waals surface area contributed by atoms with Gasteiger partial charge in [-0.3, -0.25) is 14.5 Å². The van der Waals surface area contributed by atoms with E-state index in [0.717, 1.165) is 4.90 Å². The van der Waals surface area contributed by atoms with Gasteiger partial charge in [0.1, 0.15) is 17.1 Å². The fraction of sp³-hybridized carbons (Fsp3) is 0.188. The first-order valence-electron chi connectivity index (χ1n) is 6.86. The number of imide groups is 1. The van der Waals surface area contributed by atoms with E-state index in [-0.39, 0.29) is 33.3 Å². The molecule has 0 N–H and O–H groups in total. The van der Waals surface area contributed by atoms with Crippen molar-refractivity contribution in [1.29, 1.82) is 0 Å². The van der Waals surface area contributed by atoms with E-state index >= 15 is 0 Å². The van der Waals surface area contributed by atoms with Crippen LogP contribution in [0.5, 0.6) is 0 Å². The van der Waals surface area contributed by atoms with Gasteiger partial charge in [0.25, 0.3) is 11.8 Å². The number of hydrogen-bond acceptors (Lipinski definition) is 5.